The summed E-state index contributed by atoms with van der Waals surface area (Å²) in [7, 11) is 0. The second-order valence-corrected chi connectivity index (χ2v) is 3.58. The number of ether oxygens (including phenoxy) is 1. The first-order valence-corrected chi connectivity index (χ1v) is 5.20. The second kappa shape index (κ2) is 5.63. The van der Waals surface area contributed by atoms with Crippen molar-refractivity contribution in [3.8, 4) is 0 Å². The lowest BCUT2D eigenvalue weighted by molar-refractivity contribution is -0.167. The van der Waals surface area contributed by atoms with Crippen molar-refractivity contribution in [1.29, 1.82) is 0 Å². The van der Waals surface area contributed by atoms with E-state index in [4.69, 9.17) is 9.84 Å². The molecule has 2 N–H and O–H groups in total. The molecule has 0 aliphatic carbocycles. The van der Waals surface area contributed by atoms with Crippen molar-refractivity contribution in [2.75, 3.05) is 13.2 Å². The Morgan fingerprint density at radius 1 is 1.38 bits per heavy atom. The van der Waals surface area contributed by atoms with E-state index in [9.17, 15) is 9.90 Å². The molecule has 1 unspecified atom stereocenters. The maximum atomic E-state index is 11.1. The van der Waals surface area contributed by atoms with Crippen LogP contribution in [0.3, 0.4) is 0 Å². The van der Waals surface area contributed by atoms with Crippen LogP contribution in [-0.4, -0.2) is 29.4 Å². The van der Waals surface area contributed by atoms with E-state index in [1.165, 1.54) is 0 Å². The third-order valence-electron chi connectivity index (χ3n) is 2.26. The molecular formula is C12H16O4. The van der Waals surface area contributed by atoms with Gasteiger partial charge in [0, 0.05) is 6.61 Å². The Bertz CT molecular complexity index is 336. The van der Waals surface area contributed by atoms with E-state index >= 15 is 0 Å². The van der Waals surface area contributed by atoms with E-state index in [0.717, 1.165) is 6.42 Å². The van der Waals surface area contributed by atoms with Gasteiger partial charge in [-0.3, -0.25) is 0 Å². The molecule has 1 atom stereocenters. The van der Waals surface area contributed by atoms with E-state index in [1.54, 1.807) is 30.3 Å². The number of aliphatic carboxylic acids is 1. The summed E-state index contributed by atoms with van der Waals surface area (Å²) in [5, 5.41) is 19.1. The molecule has 16 heavy (non-hydrogen) atoms. The normalized spacial score (nSPS) is 14.4. The van der Waals surface area contributed by atoms with Gasteiger partial charge in [0.25, 0.3) is 0 Å². The van der Waals surface area contributed by atoms with Gasteiger partial charge in [0.2, 0.25) is 5.60 Å². The van der Waals surface area contributed by atoms with E-state index in [1.807, 2.05) is 6.92 Å². The van der Waals surface area contributed by atoms with Crippen LogP contribution >= 0.6 is 0 Å². The summed E-state index contributed by atoms with van der Waals surface area (Å²) in [6, 6.07) is 8.28. The predicted octanol–water partition coefficient (Wildman–Crippen LogP) is 1.39. The molecule has 0 radical (unpaired) electrons. The first-order chi connectivity index (χ1) is 7.61. The molecule has 4 nitrogen and oxygen atoms in total. The predicted molar refractivity (Wildman–Crippen MR) is 59.1 cm³/mol. The molecule has 0 aliphatic rings. The van der Waals surface area contributed by atoms with Crippen LogP contribution in [0.2, 0.25) is 0 Å². The maximum Gasteiger partial charge on any atom is 0.342 e. The lowest BCUT2D eigenvalue weighted by atomic mass is 9.95. The highest BCUT2D eigenvalue weighted by Gasteiger charge is 2.38. The monoisotopic (exact) mass is 224 g/mol. The first-order valence-electron chi connectivity index (χ1n) is 5.20. The minimum atomic E-state index is -1.96. The third kappa shape index (κ3) is 2.81. The zero-order chi connectivity index (χ0) is 12.0. The molecule has 0 saturated heterocycles. The van der Waals surface area contributed by atoms with Gasteiger partial charge < -0.3 is 14.9 Å². The summed E-state index contributed by atoms with van der Waals surface area (Å²) >= 11 is 0. The van der Waals surface area contributed by atoms with Crippen molar-refractivity contribution < 1.29 is 19.7 Å². The first kappa shape index (κ1) is 12.7. The summed E-state index contributed by atoms with van der Waals surface area (Å²) < 4.78 is 5.13. The van der Waals surface area contributed by atoms with Crippen LogP contribution in [0.5, 0.6) is 0 Å². The number of benzene rings is 1. The molecule has 0 bridgehead atoms. The molecule has 0 aromatic heterocycles. The van der Waals surface area contributed by atoms with Gasteiger partial charge in [-0.15, -0.1) is 0 Å². The number of hydrogen-bond donors (Lipinski definition) is 2. The number of carboxylic acids is 1. The van der Waals surface area contributed by atoms with Gasteiger partial charge in [-0.05, 0) is 12.0 Å². The maximum absolute atomic E-state index is 11.1. The van der Waals surface area contributed by atoms with Crippen molar-refractivity contribution in [3.63, 3.8) is 0 Å². The van der Waals surface area contributed by atoms with E-state index in [0.29, 0.717) is 12.2 Å². The summed E-state index contributed by atoms with van der Waals surface area (Å²) in [6.07, 6.45) is 0.782. The lowest BCUT2D eigenvalue weighted by Gasteiger charge is -2.23. The smallest absolute Gasteiger partial charge is 0.342 e. The molecule has 0 heterocycles. The highest BCUT2D eigenvalue weighted by Crippen LogP contribution is 2.21. The minimum Gasteiger partial charge on any atom is -0.479 e. The Morgan fingerprint density at radius 2 is 2.00 bits per heavy atom. The molecule has 1 rings (SSSR count). The van der Waals surface area contributed by atoms with Gasteiger partial charge >= 0.3 is 5.97 Å². The SMILES string of the molecule is CCCOCC(O)(C(=O)O)c1ccccc1. The molecule has 0 spiro atoms. The molecule has 0 amide bonds. The van der Waals surface area contributed by atoms with Crippen LogP contribution < -0.4 is 0 Å². The summed E-state index contributed by atoms with van der Waals surface area (Å²) in [6.45, 7) is 2.12. The lowest BCUT2D eigenvalue weighted by Crippen LogP contribution is -2.40. The number of hydrogen-bond acceptors (Lipinski definition) is 3. The molecular weight excluding hydrogens is 208 g/mol. The van der Waals surface area contributed by atoms with Crippen molar-refractivity contribution >= 4 is 5.97 Å². The molecule has 0 saturated carbocycles. The fourth-order valence-electron chi connectivity index (χ4n) is 1.35. The van der Waals surface area contributed by atoms with Gasteiger partial charge in [-0.25, -0.2) is 4.79 Å². The second-order valence-electron chi connectivity index (χ2n) is 3.58. The quantitative estimate of drug-likeness (QED) is 0.716. The topological polar surface area (TPSA) is 66.8 Å². The fraction of sp³-hybridized carbons (Fsp3) is 0.417. The van der Waals surface area contributed by atoms with Crippen LogP contribution in [0, 0.1) is 0 Å². The molecule has 1 aromatic carbocycles. The third-order valence-corrected chi connectivity index (χ3v) is 2.26. The van der Waals surface area contributed by atoms with Gasteiger partial charge in [-0.2, -0.15) is 0 Å². The number of carbonyl (C=O) groups is 1. The Hall–Kier alpha value is -1.39. The van der Waals surface area contributed by atoms with Crippen LogP contribution in [0.4, 0.5) is 0 Å². The Morgan fingerprint density at radius 3 is 2.50 bits per heavy atom. The average molecular weight is 224 g/mol. The zero-order valence-electron chi connectivity index (χ0n) is 9.22. The standard InChI is InChI=1S/C12H16O4/c1-2-8-16-9-12(15,11(13)14)10-6-4-3-5-7-10/h3-7,15H,2,8-9H2,1H3,(H,13,14). The number of rotatable bonds is 6. The van der Waals surface area contributed by atoms with Crippen molar-refractivity contribution in [2.45, 2.75) is 18.9 Å². The largest absolute Gasteiger partial charge is 0.479 e. The number of aliphatic hydroxyl groups is 1. The van der Waals surface area contributed by atoms with Crippen LogP contribution in [0.15, 0.2) is 30.3 Å². The van der Waals surface area contributed by atoms with Crippen LogP contribution in [0.1, 0.15) is 18.9 Å². The van der Waals surface area contributed by atoms with Gasteiger partial charge in [0.05, 0.1) is 6.61 Å². The summed E-state index contributed by atoms with van der Waals surface area (Å²) in [4.78, 5) is 11.1. The Kier molecular flexibility index (Phi) is 4.46. The van der Waals surface area contributed by atoms with Gasteiger partial charge in [-0.1, -0.05) is 37.3 Å². The van der Waals surface area contributed by atoms with E-state index < -0.39 is 11.6 Å². The molecule has 0 fully saturated rings. The highest BCUT2D eigenvalue weighted by molar-refractivity contribution is 5.79. The molecule has 1 aromatic rings. The highest BCUT2D eigenvalue weighted by atomic mass is 16.5. The van der Waals surface area contributed by atoms with E-state index in [-0.39, 0.29) is 6.61 Å². The molecule has 4 heteroatoms. The summed E-state index contributed by atoms with van der Waals surface area (Å²) in [5.74, 6) is -1.30. The zero-order valence-corrected chi connectivity index (χ0v) is 9.22. The van der Waals surface area contributed by atoms with Crippen molar-refractivity contribution in [2.24, 2.45) is 0 Å². The van der Waals surface area contributed by atoms with E-state index in [2.05, 4.69) is 0 Å². The summed E-state index contributed by atoms with van der Waals surface area (Å²) in [5.41, 5.74) is -1.63. The molecule has 0 aliphatic heterocycles. The van der Waals surface area contributed by atoms with Gasteiger partial charge in [0.15, 0.2) is 0 Å². The Balaban J connectivity index is 2.85. The average Bonchev–Trinajstić information content (AvgIpc) is 2.30. The Labute approximate surface area is 94.5 Å². The van der Waals surface area contributed by atoms with Crippen LogP contribution in [0.25, 0.3) is 0 Å². The van der Waals surface area contributed by atoms with Gasteiger partial charge in [0.1, 0.15) is 0 Å². The minimum absolute atomic E-state index is 0.236. The molecule has 88 valence electrons. The van der Waals surface area contributed by atoms with Crippen molar-refractivity contribution in [1.82, 2.24) is 0 Å². The fourth-order valence-corrected chi connectivity index (χ4v) is 1.35. The number of carboxylic acid groups (broad SMARTS) is 1. The van der Waals surface area contributed by atoms with Crippen LogP contribution in [-0.2, 0) is 15.1 Å². The van der Waals surface area contributed by atoms with Crippen molar-refractivity contribution in [3.05, 3.63) is 35.9 Å².